The molecule has 0 saturated heterocycles. The lowest BCUT2D eigenvalue weighted by atomic mass is 10.1. The summed E-state index contributed by atoms with van der Waals surface area (Å²) in [4.78, 5) is 8.62. The van der Waals surface area contributed by atoms with E-state index < -0.39 is 0 Å². The molecule has 108 valence electrons. The molecular formula is C16H17FN4. The second kappa shape index (κ2) is 5.52. The fraction of sp³-hybridized carbons (Fsp3) is 0.250. The van der Waals surface area contributed by atoms with Crippen LogP contribution >= 0.6 is 0 Å². The number of fused-ring (bicyclic) bond motifs is 1. The molecule has 0 aliphatic heterocycles. The summed E-state index contributed by atoms with van der Waals surface area (Å²) in [7, 11) is 0. The fourth-order valence-electron chi connectivity index (χ4n) is 2.43. The molecule has 0 radical (unpaired) electrons. The van der Waals surface area contributed by atoms with Crippen LogP contribution in [0.4, 0.5) is 10.1 Å². The zero-order valence-electron chi connectivity index (χ0n) is 12.1. The number of hydrogen-bond acceptors (Lipinski definition) is 3. The first-order chi connectivity index (χ1) is 10.1. The number of benzene rings is 1. The number of imidazole rings is 1. The fourth-order valence-corrected chi connectivity index (χ4v) is 2.43. The molecule has 2 heterocycles. The standard InChI is InChI=1S/C16H17FN4/c1-11-9-16(14-10-13(17)3-4-15(14)20-11)19-6-8-21-7-5-18-12(21)2/h3-5,7,9-10H,6,8H2,1-2H3,(H,19,20). The lowest BCUT2D eigenvalue weighted by molar-refractivity contribution is 0.629. The molecule has 0 aliphatic rings. The van der Waals surface area contributed by atoms with Crippen LogP contribution < -0.4 is 5.32 Å². The Hall–Kier alpha value is -2.43. The highest BCUT2D eigenvalue weighted by molar-refractivity contribution is 5.91. The van der Waals surface area contributed by atoms with Crippen molar-refractivity contribution in [3.05, 3.63) is 54.0 Å². The minimum absolute atomic E-state index is 0.248. The highest BCUT2D eigenvalue weighted by Gasteiger charge is 2.05. The van der Waals surface area contributed by atoms with Gasteiger partial charge in [-0.05, 0) is 38.1 Å². The van der Waals surface area contributed by atoms with Crippen molar-refractivity contribution in [1.29, 1.82) is 0 Å². The minimum Gasteiger partial charge on any atom is -0.383 e. The Morgan fingerprint density at radius 2 is 2.10 bits per heavy atom. The van der Waals surface area contributed by atoms with Gasteiger partial charge in [0.1, 0.15) is 11.6 Å². The maximum absolute atomic E-state index is 13.4. The maximum atomic E-state index is 13.4. The Morgan fingerprint density at radius 1 is 1.24 bits per heavy atom. The number of nitrogens with one attached hydrogen (secondary N) is 1. The molecule has 1 aromatic carbocycles. The van der Waals surface area contributed by atoms with Crippen LogP contribution in [0.2, 0.25) is 0 Å². The third-order valence-electron chi connectivity index (χ3n) is 3.49. The zero-order chi connectivity index (χ0) is 14.8. The average molecular weight is 284 g/mol. The van der Waals surface area contributed by atoms with Gasteiger partial charge in [0.2, 0.25) is 0 Å². The van der Waals surface area contributed by atoms with Gasteiger partial charge in [-0.25, -0.2) is 9.37 Å². The van der Waals surface area contributed by atoms with Gasteiger partial charge in [-0.15, -0.1) is 0 Å². The average Bonchev–Trinajstić information content (AvgIpc) is 2.85. The van der Waals surface area contributed by atoms with Crippen LogP contribution in [0.1, 0.15) is 11.5 Å². The van der Waals surface area contributed by atoms with Crippen LogP contribution in [0.15, 0.2) is 36.7 Å². The van der Waals surface area contributed by atoms with E-state index in [1.807, 2.05) is 26.1 Å². The molecule has 0 spiro atoms. The SMILES string of the molecule is Cc1cc(NCCn2ccnc2C)c2cc(F)ccc2n1. The summed E-state index contributed by atoms with van der Waals surface area (Å²) >= 11 is 0. The van der Waals surface area contributed by atoms with E-state index in [1.54, 1.807) is 12.3 Å². The molecule has 4 nitrogen and oxygen atoms in total. The van der Waals surface area contributed by atoms with Gasteiger partial charge < -0.3 is 9.88 Å². The Morgan fingerprint density at radius 3 is 2.86 bits per heavy atom. The highest BCUT2D eigenvalue weighted by Crippen LogP contribution is 2.23. The normalized spacial score (nSPS) is 11.0. The van der Waals surface area contributed by atoms with Crippen molar-refractivity contribution in [2.24, 2.45) is 0 Å². The minimum atomic E-state index is -0.248. The molecule has 3 rings (SSSR count). The van der Waals surface area contributed by atoms with E-state index in [2.05, 4.69) is 19.9 Å². The van der Waals surface area contributed by atoms with Crippen molar-refractivity contribution in [3.63, 3.8) is 0 Å². The molecular weight excluding hydrogens is 267 g/mol. The number of nitrogens with zero attached hydrogens (tertiary/aromatic N) is 3. The lowest BCUT2D eigenvalue weighted by Crippen LogP contribution is -2.11. The summed E-state index contributed by atoms with van der Waals surface area (Å²) in [6.07, 6.45) is 3.74. The van der Waals surface area contributed by atoms with E-state index in [0.717, 1.165) is 41.2 Å². The number of pyridine rings is 1. The first-order valence-corrected chi connectivity index (χ1v) is 6.92. The molecule has 3 aromatic rings. The second-order valence-electron chi connectivity index (χ2n) is 5.07. The predicted molar refractivity (Wildman–Crippen MR) is 81.9 cm³/mol. The number of anilines is 1. The molecule has 0 saturated carbocycles. The van der Waals surface area contributed by atoms with E-state index in [0.29, 0.717) is 0 Å². The summed E-state index contributed by atoms with van der Waals surface area (Å²) in [6.45, 7) is 5.46. The van der Waals surface area contributed by atoms with Gasteiger partial charge in [-0.1, -0.05) is 0 Å². The zero-order valence-corrected chi connectivity index (χ0v) is 12.1. The Bertz CT molecular complexity index is 779. The summed E-state index contributed by atoms with van der Waals surface area (Å²) in [5, 5.41) is 4.17. The van der Waals surface area contributed by atoms with Gasteiger partial charge in [0.25, 0.3) is 0 Å². The molecule has 21 heavy (non-hydrogen) atoms. The molecule has 0 atom stereocenters. The van der Waals surface area contributed by atoms with Crippen molar-refractivity contribution in [2.75, 3.05) is 11.9 Å². The van der Waals surface area contributed by atoms with Crippen LogP contribution in [-0.4, -0.2) is 21.1 Å². The monoisotopic (exact) mass is 284 g/mol. The smallest absolute Gasteiger partial charge is 0.124 e. The Labute approximate surface area is 122 Å². The van der Waals surface area contributed by atoms with E-state index in [-0.39, 0.29) is 5.82 Å². The third-order valence-corrected chi connectivity index (χ3v) is 3.49. The van der Waals surface area contributed by atoms with Crippen molar-refractivity contribution < 1.29 is 4.39 Å². The third kappa shape index (κ3) is 2.86. The number of aryl methyl sites for hydroxylation is 2. The van der Waals surface area contributed by atoms with E-state index in [1.165, 1.54) is 12.1 Å². The Kier molecular flexibility index (Phi) is 3.56. The second-order valence-corrected chi connectivity index (χ2v) is 5.07. The van der Waals surface area contributed by atoms with Gasteiger partial charge >= 0.3 is 0 Å². The van der Waals surface area contributed by atoms with Crippen LogP contribution in [0.25, 0.3) is 10.9 Å². The number of aromatic nitrogens is 3. The van der Waals surface area contributed by atoms with Gasteiger partial charge in [0.05, 0.1) is 5.52 Å². The molecule has 0 fully saturated rings. The van der Waals surface area contributed by atoms with E-state index >= 15 is 0 Å². The molecule has 0 bridgehead atoms. The predicted octanol–water partition coefficient (Wildman–Crippen LogP) is 3.30. The van der Waals surface area contributed by atoms with Crippen molar-refractivity contribution in [1.82, 2.24) is 14.5 Å². The largest absolute Gasteiger partial charge is 0.383 e. The molecule has 2 aromatic heterocycles. The van der Waals surface area contributed by atoms with Crippen LogP contribution in [0.5, 0.6) is 0 Å². The first-order valence-electron chi connectivity index (χ1n) is 6.92. The molecule has 0 amide bonds. The summed E-state index contributed by atoms with van der Waals surface area (Å²) in [5.74, 6) is 0.736. The summed E-state index contributed by atoms with van der Waals surface area (Å²) in [5.41, 5.74) is 2.63. The van der Waals surface area contributed by atoms with Gasteiger partial charge in [-0.2, -0.15) is 0 Å². The number of rotatable bonds is 4. The van der Waals surface area contributed by atoms with Crippen molar-refractivity contribution in [3.8, 4) is 0 Å². The van der Waals surface area contributed by atoms with Gasteiger partial charge in [0, 0.05) is 42.3 Å². The van der Waals surface area contributed by atoms with Crippen LogP contribution in [0.3, 0.4) is 0 Å². The molecule has 0 unspecified atom stereocenters. The first kappa shape index (κ1) is 13.5. The maximum Gasteiger partial charge on any atom is 0.124 e. The summed E-state index contributed by atoms with van der Waals surface area (Å²) in [6, 6.07) is 6.62. The lowest BCUT2D eigenvalue weighted by Gasteiger charge is -2.12. The summed E-state index contributed by atoms with van der Waals surface area (Å²) < 4.78 is 15.5. The molecule has 1 N–H and O–H groups in total. The number of hydrogen-bond donors (Lipinski definition) is 1. The van der Waals surface area contributed by atoms with Gasteiger partial charge in [-0.3, -0.25) is 4.98 Å². The van der Waals surface area contributed by atoms with Crippen LogP contribution in [0, 0.1) is 19.7 Å². The number of halogens is 1. The van der Waals surface area contributed by atoms with Crippen molar-refractivity contribution >= 4 is 16.6 Å². The Balaban J connectivity index is 1.83. The topological polar surface area (TPSA) is 42.7 Å². The van der Waals surface area contributed by atoms with Crippen LogP contribution in [-0.2, 0) is 6.54 Å². The van der Waals surface area contributed by atoms with E-state index in [9.17, 15) is 4.39 Å². The van der Waals surface area contributed by atoms with Gasteiger partial charge in [0.15, 0.2) is 0 Å². The van der Waals surface area contributed by atoms with E-state index in [4.69, 9.17) is 0 Å². The van der Waals surface area contributed by atoms with Crippen molar-refractivity contribution in [2.45, 2.75) is 20.4 Å². The molecule has 0 aliphatic carbocycles. The highest BCUT2D eigenvalue weighted by atomic mass is 19.1. The quantitative estimate of drug-likeness (QED) is 0.799. The molecule has 5 heteroatoms.